The molecule has 0 heterocycles. The van der Waals surface area contributed by atoms with E-state index in [0.717, 1.165) is 11.1 Å². The summed E-state index contributed by atoms with van der Waals surface area (Å²) in [6.07, 6.45) is -0.960. The Hall–Kier alpha value is -3.53. The first-order valence-electron chi connectivity index (χ1n) is 11.6. The highest BCUT2D eigenvalue weighted by molar-refractivity contribution is 6.02. The molecule has 4 rings (SSSR count). The average molecular weight is 451 g/mol. The van der Waals surface area contributed by atoms with Crippen LogP contribution in [0.25, 0.3) is 0 Å². The minimum atomic E-state index is -1.68. The highest BCUT2D eigenvalue weighted by Crippen LogP contribution is 2.49. The predicted octanol–water partition coefficient (Wildman–Crippen LogP) is 6.71. The molecule has 34 heavy (non-hydrogen) atoms. The number of hydrogen-bond donors (Lipinski definition) is 1. The molecule has 1 N–H and O–H groups in total. The molecule has 0 aliphatic heterocycles. The molecule has 0 spiro atoms. The zero-order valence-corrected chi connectivity index (χ0v) is 19.5. The van der Waals surface area contributed by atoms with Crippen LogP contribution in [0.15, 0.2) is 121 Å². The molecular formula is C31H30O3. The molecule has 4 aromatic carbocycles. The number of rotatable bonds is 9. The van der Waals surface area contributed by atoms with Crippen molar-refractivity contribution in [1.29, 1.82) is 0 Å². The third kappa shape index (κ3) is 4.86. The average Bonchev–Trinajstić information content (AvgIpc) is 2.89. The number of carbonyl (C=O) groups is 1. The Kier molecular flexibility index (Phi) is 7.36. The smallest absolute Gasteiger partial charge is 0.173 e. The summed E-state index contributed by atoms with van der Waals surface area (Å²) in [4.78, 5) is 14.2. The van der Waals surface area contributed by atoms with Crippen molar-refractivity contribution in [2.24, 2.45) is 0 Å². The summed E-state index contributed by atoms with van der Waals surface area (Å²) in [6, 6.07) is 37.7. The maximum Gasteiger partial charge on any atom is 0.173 e. The fourth-order valence-electron chi connectivity index (χ4n) is 4.53. The monoisotopic (exact) mass is 450 g/mol. The molecule has 0 aliphatic carbocycles. The van der Waals surface area contributed by atoms with Crippen LogP contribution in [0.5, 0.6) is 0 Å². The summed E-state index contributed by atoms with van der Waals surface area (Å²) in [5.74, 6) is -1.06. The standard InChI is InChI=1S/C31H30O3/c1-23(2)34-30(26-19-11-5-12-20-26)31(33,27-21-13-6-14-22-27)28(24-15-7-3-8-16-24)29(32)25-17-9-4-10-18-25/h3-23,28,30,33H,1-2H3/t28-,30-,31-/m1/s1. The first kappa shape index (κ1) is 23.6. The minimum absolute atomic E-state index is 0.161. The fourth-order valence-corrected chi connectivity index (χ4v) is 4.53. The summed E-state index contributed by atoms with van der Waals surface area (Å²) < 4.78 is 6.44. The Morgan fingerprint density at radius 3 is 1.62 bits per heavy atom. The minimum Gasteiger partial charge on any atom is -0.381 e. The van der Waals surface area contributed by atoms with E-state index in [4.69, 9.17) is 4.74 Å². The number of ketones is 1. The van der Waals surface area contributed by atoms with E-state index < -0.39 is 17.6 Å². The van der Waals surface area contributed by atoms with Gasteiger partial charge in [0.25, 0.3) is 0 Å². The zero-order chi connectivity index (χ0) is 24.0. The molecule has 172 valence electrons. The van der Waals surface area contributed by atoms with Crippen molar-refractivity contribution in [3.8, 4) is 0 Å². The molecule has 0 aliphatic rings. The highest BCUT2D eigenvalue weighted by Gasteiger charge is 2.51. The number of aliphatic hydroxyl groups is 1. The topological polar surface area (TPSA) is 46.5 Å². The third-order valence-corrected chi connectivity index (χ3v) is 6.04. The largest absolute Gasteiger partial charge is 0.381 e. The molecule has 0 saturated carbocycles. The lowest BCUT2D eigenvalue weighted by Gasteiger charge is -2.43. The first-order valence-corrected chi connectivity index (χ1v) is 11.6. The van der Waals surface area contributed by atoms with E-state index in [0.29, 0.717) is 11.1 Å². The lowest BCUT2D eigenvalue weighted by atomic mass is 9.69. The first-order chi connectivity index (χ1) is 16.5. The van der Waals surface area contributed by atoms with E-state index in [9.17, 15) is 9.90 Å². The van der Waals surface area contributed by atoms with E-state index in [1.165, 1.54) is 0 Å². The van der Waals surface area contributed by atoms with Crippen molar-refractivity contribution in [2.45, 2.75) is 37.6 Å². The van der Waals surface area contributed by atoms with Crippen LogP contribution in [0.3, 0.4) is 0 Å². The Labute approximate surface area is 201 Å². The van der Waals surface area contributed by atoms with Crippen molar-refractivity contribution >= 4 is 5.78 Å². The molecule has 0 amide bonds. The van der Waals surface area contributed by atoms with Gasteiger partial charge in [0.05, 0.1) is 12.0 Å². The molecule has 3 nitrogen and oxygen atoms in total. The predicted molar refractivity (Wildman–Crippen MR) is 136 cm³/mol. The molecule has 0 saturated heterocycles. The highest BCUT2D eigenvalue weighted by atomic mass is 16.5. The van der Waals surface area contributed by atoms with Gasteiger partial charge in [-0.25, -0.2) is 0 Å². The lowest BCUT2D eigenvalue weighted by Crippen LogP contribution is -2.45. The van der Waals surface area contributed by atoms with E-state index in [1.807, 2.05) is 123 Å². The van der Waals surface area contributed by atoms with Crippen LogP contribution >= 0.6 is 0 Å². The maximum atomic E-state index is 14.2. The second kappa shape index (κ2) is 10.6. The van der Waals surface area contributed by atoms with Crippen LogP contribution in [-0.4, -0.2) is 17.0 Å². The van der Waals surface area contributed by atoms with E-state index in [1.54, 1.807) is 12.1 Å². The second-order valence-electron chi connectivity index (χ2n) is 8.74. The Morgan fingerprint density at radius 1 is 0.676 bits per heavy atom. The molecule has 0 radical (unpaired) electrons. The van der Waals surface area contributed by atoms with Gasteiger partial charge < -0.3 is 9.84 Å². The summed E-state index contributed by atoms with van der Waals surface area (Å²) in [5, 5.41) is 12.8. The number of benzene rings is 4. The SMILES string of the molecule is CC(C)O[C@H](c1ccccc1)[C@@](O)(c1ccccc1)[C@@H](C(=O)c1ccccc1)c1ccccc1. The molecular weight excluding hydrogens is 420 g/mol. The van der Waals surface area contributed by atoms with Crippen molar-refractivity contribution in [1.82, 2.24) is 0 Å². The third-order valence-electron chi connectivity index (χ3n) is 6.04. The second-order valence-corrected chi connectivity index (χ2v) is 8.74. The number of carbonyl (C=O) groups excluding carboxylic acids is 1. The van der Waals surface area contributed by atoms with Gasteiger partial charge in [0.2, 0.25) is 0 Å². The van der Waals surface area contributed by atoms with Crippen molar-refractivity contribution in [3.63, 3.8) is 0 Å². The van der Waals surface area contributed by atoms with Gasteiger partial charge in [0.1, 0.15) is 11.7 Å². The van der Waals surface area contributed by atoms with E-state index in [-0.39, 0.29) is 11.9 Å². The fraction of sp³-hybridized carbons (Fsp3) is 0.194. The van der Waals surface area contributed by atoms with Crippen LogP contribution in [0.1, 0.15) is 52.9 Å². The summed E-state index contributed by atoms with van der Waals surface area (Å²) in [7, 11) is 0. The van der Waals surface area contributed by atoms with Gasteiger partial charge in [0, 0.05) is 5.56 Å². The van der Waals surface area contributed by atoms with Crippen LogP contribution in [-0.2, 0) is 10.3 Å². The lowest BCUT2D eigenvalue weighted by molar-refractivity contribution is -0.143. The van der Waals surface area contributed by atoms with Gasteiger partial charge in [0.15, 0.2) is 5.78 Å². The summed E-state index contributed by atoms with van der Waals surface area (Å²) in [5.41, 5.74) is 1.03. The quantitative estimate of drug-likeness (QED) is 0.288. The van der Waals surface area contributed by atoms with Gasteiger partial charge in [-0.1, -0.05) is 121 Å². The Balaban J connectivity index is 2.00. The Morgan fingerprint density at radius 2 is 1.12 bits per heavy atom. The van der Waals surface area contributed by atoms with Crippen LogP contribution < -0.4 is 0 Å². The number of hydrogen-bond acceptors (Lipinski definition) is 3. The summed E-state index contributed by atoms with van der Waals surface area (Å²) >= 11 is 0. The number of Topliss-reactive ketones (excluding diaryl/α,β-unsaturated/α-hetero) is 1. The molecule has 3 heteroatoms. The van der Waals surface area contributed by atoms with Gasteiger partial charge in [-0.15, -0.1) is 0 Å². The Bertz CT molecular complexity index is 1170. The van der Waals surface area contributed by atoms with Crippen LogP contribution in [0.4, 0.5) is 0 Å². The normalized spacial score (nSPS) is 14.8. The van der Waals surface area contributed by atoms with Crippen LogP contribution in [0.2, 0.25) is 0 Å². The van der Waals surface area contributed by atoms with E-state index in [2.05, 4.69) is 0 Å². The van der Waals surface area contributed by atoms with Gasteiger partial charge in [-0.3, -0.25) is 4.79 Å². The van der Waals surface area contributed by atoms with Crippen molar-refractivity contribution < 1.29 is 14.6 Å². The molecule has 0 aromatic heterocycles. The van der Waals surface area contributed by atoms with Crippen molar-refractivity contribution in [3.05, 3.63) is 144 Å². The molecule has 0 unspecified atom stereocenters. The van der Waals surface area contributed by atoms with Gasteiger partial charge in [-0.2, -0.15) is 0 Å². The molecule has 0 fully saturated rings. The molecule has 4 aromatic rings. The molecule has 0 bridgehead atoms. The maximum absolute atomic E-state index is 14.2. The molecule has 3 atom stereocenters. The van der Waals surface area contributed by atoms with E-state index >= 15 is 0 Å². The summed E-state index contributed by atoms with van der Waals surface area (Å²) in [6.45, 7) is 3.88. The number of ether oxygens (including phenoxy) is 1. The van der Waals surface area contributed by atoms with Crippen LogP contribution in [0, 0.1) is 0 Å². The zero-order valence-electron chi connectivity index (χ0n) is 19.5. The van der Waals surface area contributed by atoms with Gasteiger partial charge in [-0.05, 0) is 30.5 Å². The van der Waals surface area contributed by atoms with Crippen molar-refractivity contribution in [2.75, 3.05) is 0 Å². The van der Waals surface area contributed by atoms with Gasteiger partial charge >= 0.3 is 0 Å².